The molecular formula is C17H18BrNO2. The maximum Gasteiger partial charge on any atom is 0.265 e. The van der Waals surface area contributed by atoms with E-state index in [0.29, 0.717) is 12.2 Å². The van der Waals surface area contributed by atoms with Gasteiger partial charge in [0.15, 0.2) is 6.10 Å². The fourth-order valence-corrected chi connectivity index (χ4v) is 2.51. The Balaban J connectivity index is 2.06. The highest BCUT2D eigenvalue weighted by Crippen LogP contribution is 2.24. The van der Waals surface area contributed by atoms with E-state index >= 15 is 0 Å². The minimum atomic E-state index is -0.513. The van der Waals surface area contributed by atoms with Crippen LogP contribution in [0.2, 0.25) is 0 Å². The fraction of sp³-hybridized carbons (Fsp3) is 0.235. The van der Waals surface area contributed by atoms with Crippen LogP contribution in [0.4, 0.5) is 5.69 Å². The van der Waals surface area contributed by atoms with Gasteiger partial charge in [-0.1, -0.05) is 31.2 Å². The van der Waals surface area contributed by atoms with Crippen molar-refractivity contribution in [3.05, 3.63) is 58.6 Å². The van der Waals surface area contributed by atoms with E-state index in [0.717, 1.165) is 15.7 Å². The predicted molar refractivity (Wildman–Crippen MR) is 88.7 cm³/mol. The highest BCUT2D eigenvalue weighted by molar-refractivity contribution is 9.10. The number of amides is 1. The molecule has 0 saturated carbocycles. The molecule has 0 heterocycles. The van der Waals surface area contributed by atoms with Crippen LogP contribution in [0.5, 0.6) is 5.75 Å². The van der Waals surface area contributed by atoms with Gasteiger partial charge in [-0.05, 0) is 59.1 Å². The number of para-hydroxylation sites is 1. The summed E-state index contributed by atoms with van der Waals surface area (Å²) in [6.45, 7) is 3.93. The number of aryl methyl sites for hydroxylation is 1. The number of carbonyl (C=O) groups is 1. The van der Waals surface area contributed by atoms with Crippen LogP contribution in [0.3, 0.4) is 0 Å². The van der Waals surface area contributed by atoms with E-state index in [1.54, 1.807) is 0 Å². The first-order chi connectivity index (χ1) is 10.1. The lowest BCUT2D eigenvalue weighted by atomic mass is 10.2. The molecule has 1 unspecified atom stereocenters. The summed E-state index contributed by atoms with van der Waals surface area (Å²) < 4.78 is 6.60. The summed E-state index contributed by atoms with van der Waals surface area (Å²) in [4.78, 5) is 12.3. The van der Waals surface area contributed by atoms with Gasteiger partial charge in [0.1, 0.15) is 5.75 Å². The molecule has 2 aromatic rings. The molecule has 0 saturated heterocycles. The van der Waals surface area contributed by atoms with Crippen LogP contribution < -0.4 is 10.1 Å². The Morgan fingerprint density at radius 1 is 1.24 bits per heavy atom. The third kappa shape index (κ3) is 4.33. The first-order valence-corrected chi connectivity index (χ1v) is 7.68. The van der Waals surface area contributed by atoms with E-state index in [9.17, 15) is 4.79 Å². The zero-order valence-corrected chi connectivity index (χ0v) is 13.7. The molecule has 1 atom stereocenters. The fourth-order valence-electron chi connectivity index (χ4n) is 1.92. The van der Waals surface area contributed by atoms with Crippen molar-refractivity contribution in [2.75, 3.05) is 5.32 Å². The van der Waals surface area contributed by atoms with Crippen molar-refractivity contribution in [1.82, 2.24) is 0 Å². The van der Waals surface area contributed by atoms with E-state index in [1.165, 1.54) is 0 Å². The van der Waals surface area contributed by atoms with Crippen LogP contribution in [0.15, 0.2) is 53.0 Å². The Morgan fingerprint density at radius 3 is 2.57 bits per heavy atom. The number of nitrogens with one attached hydrogen (secondary N) is 1. The molecule has 0 bridgehead atoms. The minimum absolute atomic E-state index is 0.147. The van der Waals surface area contributed by atoms with Gasteiger partial charge in [0, 0.05) is 4.47 Å². The number of halogens is 1. The van der Waals surface area contributed by atoms with Gasteiger partial charge in [0.25, 0.3) is 5.91 Å². The monoisotopic (exact) mass is 347 g/mol. The number of hydrogen-bond donors (Lipinski definition) is 1. The minimum Gasteiger partial charge on any atom is -0.481 e. The van der Waals surface area contributed by atoms with Gasteiger partial charge in [-0.2, -0.15) is 0 Å². The van der Waals surface area contributed by atoms with Crippen LogP contribution in [0, 0.1) is 6.92 Å². The first kappa shape index (κ1) is 15.6. The second kappa shape index (κ2) is 7.27. The molecule has 3 nitrogen and oxygen atoms in total. The highest BCUT2D eigenvalue weighted by Gasteiger charge is 2.19. The number of hydrogen-bond acceptors (Lipinski definition) is 2. The number of carbonyl (C=O) groups excluding carboxylic acids is 1. The van der Waals surface area contributed by atoms with E-state index in [1.807, 2.05) is 62.4 Å². The average Bonchev–Trinajstić information content (AvgIpc) is 2.48. The predicted octanol–water partition coefficient (Wildman–Crippen LogP) is 4.55. The van der Waals surface area contributed by atoms with Crippen LogP contribution in [-0.4, -0.2) is 12.0 Å². The SMILES string of the molecule is CCC(Oc1ccccc1)C(=O)Nc1ccc(C)cc1Br. The summed E-state index contributed by atoms with van der Waals surface area (Å²) in [7, 11) is 0. The molecule has 21 heavy (non-hydrogen) atoms. The molecule has 110 valence electrons. The third-order valence-electron chi connectivity index (χ3n) is 3.07. The molecule has 0 aromatic heterocycles. The van der Waals surface area contributed by atoms with Crippen molar-refractivity contribution in [2.24, 2.45) is 0 Å². The lowest BCUT2D eigenvalue weighted by Crippen LogP contribution is -2.32. The Bertz CT molecular complexity index is 613. The van der Waals surface area contributed by atoms with E-state index in [4.69, 9.17) is 4.74 Å². The van der Waals surface area contributed by atoms with Gasteiger partial charge in [-0.3, -0.25) is 4.79 Å². The summed E-state index contributed by atoms with van der Waals surface area (Å²) >= 11 is 3.46. The van der Waals surface area contributed by atoms with Crippen molar-refractivity contribution >= 4 is 27.5 Å². The summed E-state index contributed by atoms with van der Waals surface area (Å²) in [5, 5.41) is 2.90. The molecule has 0 spiro atoms. The summed E-state index contributed by atoms with van der Waals surface area (Å²) in [6.07, 6.45) is 0.0881. The van der Waals surface area contributed by atoms with E-state index in [-0.39, 0.29) is 5.91 Å². The molecule has 1 amide bonds. The number of anilines is 1. The second-order valence-corrected chi connectivity index (χ2v) is 5.65. The lowest BCUT2D eigenvalue weighted by molar-refractivity contribution is -0.122. The van der Waals surface area contributed by atoms with Gasteiger partial charge < -0.3 is 10.1 Å². The summed E-state index contributed by atoms with van der Waals surface area (Å²) in [6, 6.07) is 15.2. The van der Waals surface area contributed by atoms with Crippen molar-refractivity contribution in [1.29, 1.82) is 0 Å². The molecular weight excluding hydrogens is 330 g/mol. The number of benzene rings is 2. The summed E-state index contributed by atoms with van der Waals surface area (Å²) in [5.74, 6) is 0.549. The van der Waals surface area contributed by atoms with Crippen molar-refractivity contribution < 1.29 is 9.53 Å². The standard InChI is InChI=1S/C17H18BrNO2/c1-3-16(21-13-7-5-4-6-8-13)17(20)19-15-10-9-12(2)11-14(15)18/h4-11,16H,3H2,1-2H3,(H,19,20). The molecule has 0 aliphatic heterocycles. The maximum absolute atomic E-state index is 12.3. The highest BCUT2D eigenvalue weighted by atomic mass is 79.9. The van der Waals surface area contributed by atoms with E-state index in [2.05, 4.69) is 21.2 Å². The van der Waals surface area contributed by atoms with E-state index < -0.39 is 6.10 Å². The van der Waals surface area contributed by atoms with Crippen LogP contribution in [0.25, 0.3) is 0 Å². The number of ether oxygens (including phenoxy) is 1. The molecule has 0 aliphatic carbocycles. The topological polar surface area (TPSA) is 38.3 Å². The molecule has 2 rings (SSSR count). The van der Waals surface area contributed by atoms with Crippen molar-refractivity contribution in [3.63, 3.8) is 0 Å². The maximum atomic E-state index is 12.3. The molecule has 0 radical (unpaired) electrons. The smallest absolute Gasteiger partial charge is 0.265 e. The van der Waals surface area contributed by atoms with Crippen molar-refractivity contribution in [3.8, 4) is 5.75 Å². The van der Waals surface area contributed by atoms with Crippen LogP contribution in [-0.2, 0) is 4.79 Å². The quantitative estimate of drug-likeness (QED) is 0.861. The Kier molecular flexibility index (Phi) is 5.39. The molecule has 0 fully saturated rings. The Labute approximate surface area is 133 Å². The molecule has 4 heteroatoms. The van der Waals surface area contributed by atoms with Gasteiger partial charge in [0.2, 0.25) is 0 Å². The Hall–Kier alpha value is -1.81. The third-order valence-corrected chi connectivity index (χ3v) is 3.72. The lowest BCUT2D eigenvalue weighted by Gasteiger charge is -2.18. The Morgan fingerprint density at radius 2 is 1.95 bits per heavy atom. The molecule has 2 aromatic carbocycles. The van der Waals surface area contributed by atoms with Crippen molar-refractivity contribution in [2.45, 2.75) is 26.4 Å². The molecule has 1 N–H and O–H groups in total. The van der Waals surface area contributed by atoms with Gasteiger partial charge >= 0.3 is 0 Å². The van der Waals surface area contributed by atoms with Crippen LogP contribution >= 0.6 is 15.9 Å². The average molecular weight is 348 g/mol. The van der Waals surface area contributed by atoms with Crippen LogP contribution in [0.1, 0.15) is 18.9 Å². The zero-order chi connectivity index (χ0) is 15.2. The zero-order valence-electron chi connectivity index (χ0n) is 12.1. The van der Waals surface area contributed by atoms with Gasteiger partial charge in [-0.25, -0.2) is 0 Å². The number of rotatable bonds is 5. The molecule has 0 aliphatic rings. The summed E-state index contributed by atoms with van der Waals surface area (Å²) in [5.41, 5.74) is 1.88. The van der Waals surface area contributed by atoms with Gasteiger partial charge in [0.05, 0.1) is 5.69 Å². The first-order valence-electron chi connectivity index (χ1n) is 6.89. The largest absolute Gasteiger partial charge is 0.481 e. The second-order valence-electron chi connectivity index (χ2n) is 4.80. The normalized spacial score (nSPS) is 11.8. The van der Waals surface area contributed by atoms with Gasteiger partial charge in [-0.15, -0.1) is 0 Å².